The maximum absolute atomic E-state index is 12.9. The molecule has 0 saturated carbocycles. The summed E-state index contributed by atoms with van der Waals surface area (Å²) in [5.41, 5.74) is 5.47. The van der Waals surface area contributed by atoms with Crippen molar-refractivity contribution in [2.24, 2.45) is 0 Å². The summed E-state index contributed by atoms with van der Waals surface area (Å²) >= 11 is 0. The van der Waals surface area contributed by atoms with Gasteiger partial charge >= 0.3 is 0 Å². The number of imidazole rings is 1. The van der Waals surface area contributed by atoms with E-state index in [2.05, 4.69) is 20.2 Å². The van der Waals surface area contributed by atoms with Crippen LogP contribution in [0, 0.1) is 13.8 Å². The highest BCUT2D eigenvalue weighted by atomic mass is 16.2. The van der Waals surface area contributed by atoms with Gasteiger partial charge in [-0.05, 0) is 61.9 Å². The molecule has 0 unspecified atom stereocenters. The second kappa shape index (κ2) is 8.44. The normalized spacial score (nSPS) is 10.8. The molecule has 156 valence electrons. The zero-order valence-electron chi connectivity index (χ0n) is 17.8. The molecule has 0 spiro atoms. The fourth-order valence-corrected chi connectivity index (χ4v) is 3.52. The van der Waals surface area contributed by atoms with Crippen LogP contribution >= 0.6 is 0 Å². The third-order valence-corrected chi connectivity index (χ3v) is 5.19. The lowest BCUT2D eigenvalue weighted by Crippen LogP contribution is -2.14. The number of para-hydroxylation sites is 1. The molecule has 4 aromatic rings. The molecule has 0 fully saturated rings. The summed E-state index contributed by atoms with van der Waals surface area (Å²) in [5.74, 6) is 0.556. The molecule has 31 heavy (non-hydrogen) atoms. The van der Waals surface area contributed by atoms with Crippen LogP contribution in [0.3, 0.4) is 0 Å². The van der Waals surface area contributed by atoms with Crippen molar-refractivity contribution in [3.63, 3.8) is 0 Å². The van der Waals surface area contributed by atoms with Crippen molar-refractivity contribution in [3.05, 3.63) is 83.7 Å². The predicted molar refractivity (Wildman–Crippen MR) is 124 cm³/mol. The lowest BCUT2D eigenvalue weighted by atomic mass is 10.1. The smallest absolute Gasteiger partial charge is 0.255 e. The van der Waals surface area contributed by atoms with Gasteiger partial charge in [0.2, 0.25) is 5.91 Å². The second-order valence-electron chi connectivity index (χ2n) is 7.42. The van der Waals surface area contributed by atoms with Gasteiger partial charge < -0.3 is 10.6 Å². The maximum atomic E-state index is 12.9. The largest absolute Gasteiger partial charge is 0.326 e. The van der Waals surface area contributed by atoms with Crippen molar-refractivity contribution in [3.8, 4) is 5.69 Å². The minimum atomic E-state index is -0.226. The Bertz CT molecular complexity index is 1280. The minimum Gasteiger partial charge on any atom is -0.326 e. The first-order valence-electron chi connectivity index (χ1n) is 10.2. The monoisotopic (exact) mass is 412 g/mol. The van der Waals surface area contributed by atoms with E-state index in [1.54, 1.807) is 25.1 Å². The number of anilines is 2. The molecule has 2 amide bonds. The standard InChI is InChI=1S/C25H24N4O2/c1-4-24(30)27-19-12-10-16(2)21(15-19)28-25(31)18-11-13-23-22(14-18)26-17(3)29(23)20-8-6-5-7-9-20/h5-15H,4H2,1-3H3,(H,27,30)(H,28,31). The number of hydrogen-bond donors (Lipinski definition) is 2. The van der Waals surface area contributed by atoms with Crippen LogP contribution in [-0.2, 0) is 4.79 Å². The van der Waals surface area contributed by atoms with Gasteiger partial charge in [-0.25, -0.2) is 4.98 Å². The zero-order chi connectivity index (χ0) is 22.0. The van der Waals surface area contributed by atoms with Crippen LogP contribution in [0.25, 0.3) is 16.7 Å². The first kappa shape index (κ1) is 20.3. The van der Waals surface area contributed by atoms with Crippen LogP contribution in [0.15, 0.2) is 66.7 Å². The predicted octanol–water partition coefficient (Wildman–Crippen LogP) is 5.24. The number of amides is 2. The van der Waals surface area contributed by atoms with E-state index in [4.69, 9.17) is 0 Å². The number of aromatic nitrogens is 2. The summed E-state index contributed by atoms with van der Waals surface area (Å²) in [5, 5.41) is 5.77. The number of hydrogen-bond acceptors (Lipinski definition) is 3. The summed E-state index contributed by atoms with van der Waals surface area (Å²) in [6.45, 7) is 5.66. The van der Waals surface area contributed by atoms with E-state index in [0.717, 1.165) is 28.1 Å². The molecule has 1 aromatic heterocycles. The Kier molecular flexibility index (Phi) is 5.54. The van der Waals surface area contributed by atoms with Gasteiger partial charge in [-0.1, -0.05) is 31.2 Å². The van der Waals surface area contributed by atoms with Crippen molar-refractivity contribution < 1.29 is 9.59 Å². The molecule has 2 N–H and O–H groups in total. The summed E-state index contributed by atoms with van der Waals surface area (Å²) in [4.78, 5) is 29.2. The molecule has 0 bridgehead atoms. The van der Waals surface area contributed by atoms with Crippen LogP contribution < -0.4 is 10.6 Å². The van der Waals surface area contributed by atoms with E-state index in [9.17, 15) is 9.59 Å². The van der Waals surface area contributed by atoms with Crippen molar-refractivity contribution in [2.75, 3.05) is 10.6 Å². The number of aryl methyl sites for hydroxylation is 2. The molecular formula is C25H24N4O2. The molecule has 6 heteroatoms. The first-order valence-corrected chi connectivity index (χ1v) is 10.2. The summed E-state index contributed by atoms with van der Waals surface area (Å²) in [6, 6.07) is 21.0. The molecule has 0 radical (unpaired) electrons. The minimum absolute atomic E-state index is 0.0732. The topological polar surface area (TPSA) is 76.0 Å². The highest BCUT2D eigenvalue weighted by Gasteiger charge is 2.14. The van der Waals surface area contributed by atoms with Gasteiger partial charge in [-0.3, -0.25) is 14.2 Å². The molecule has 0 aliphatic heterocycles. The summed E-state index contributed by atoms with van der Waals surface area (Å²) in [7, 11) is 0. The van der Waals surface area contributed by atoms with Crippen LogP contribution in [0.1, 0.15) is 35.1 Å². The zero-order valence-corrected chi connectivity index (χ0v) is 17.8. The van der Waals surface area contributed by atoms with E-state index >= 15 is 0 Å². The van der Waals surface area contributed by atoms with E-state index < -0.39 is 0 Å². The Labute approximate surface area is 180 Å². The van der Waals surface area contributed by atoms with E-state index in [1.807, 2.05) is 62.4 Å². The van der Waals surface area contributed by atoms with Crippen LogP contribution in [0.5, 0.6) is 0 Å². The SMILES string of the molecule is CCC(=O)Nc1ccc(C)c(NC(=O)c2ccc3c(c2)nc(C)n3-c2ccccc2)c1. The van der Waals surface area contributed by atoms with Gasteiger partial charge in [0.15, 0.2) is 0 Å². The van der Waals surface area contributed by atoms with Gasteiger partial charge in [0.05, 0.1) is 11.0 Å². The lowest BCUT2D eigenvalue weighted by Gasteiger charge is -2.12. The quantitative estimate of drug-likeness (QED) is 0.470. The average molecular weight is 412 g/mol. The molecule has 6 nitrogen and oxygen atoms in total. The van der Waals surface area contributed by atoms with Gasteiger partial charge in [0.1, 0.15) is 5.82 Å². The number of nitrogens with one attached hydrogen (secondary N) is 2. The maximum Gasteiger partial charge on any atom is 0.255 e. The first-order chi connectivity index (χ1) is 15.0. The van der Waals surface area contributed by atoms with Gasteiger partial charge in [0.25, 0.3) is 5.91 Å². The molecule has 0 aliphatic rings. The van der Waals surface area contributed by atoms with Crippen LogP contribution in [0.4, 0.5) is 11.4 Å². The highest BCUT2D eigenvalue weighted by molar-refractivity contribution is 6.06. The van der Waals surface area contributed by atoms with Crippen LogP contribution in [-0.4, -0.2) is 21.4 Å². The molecule has 0 saturated heterocycles. The van der Waals surface area contributed by atoms with Gasteiger partial charge in [-0.2, -0.15) is 0 Å². The fraction of sp³-hybridized carbons (Fsp3) is 0.160. The molecular weight excluding hydrogens is 388 g/mol. The molecule has 0 aliphatic carbocycles. The molecule has 1 heterocycles. The van der Waals surface area contributed by atoms with Gasteiger partial charge in [-0.15, -0.1) is 0 Å². The Morgan fingerprint density at radius 2 is 1.71 bits per heavy atom. The number of fused-ring (bicyclic) bond motifs is 1. The van der Waals surface area contributed by atoms with Crippen molar-refractivity contribution in [1.82, 2.24) is 9.55 Å². The van der Waals surface area contributed by atoms with Gasteiger partial charge in [0, 0.05) is 29.0 Å². The van der Waals surface area contributed by atoms with E-state index in [-0.39, 0.29) is 11.8 Å². The second-order valence-corrected chi connectivity index (χ2v) is 7.42. The van der Waals surface area contributed by atoms with Crippen molar-refractivity contribution >= 4 is 34.2 Å². The summed E-state index contributed by atoms with van der Waals surface area (Å²) < 4.78 is 2.07. The highest BCUT2D eigenvalue weighted by Crippen LogP contribution is 2.24. The Hall–Kier alpha value is -3.93. The average Bonchev–Trinajstić information content (AvgIpc) is 3.11. The Balaban J connectivity index is 1.62. The fourth-order valence-electron chi connectivity index (χ4n) is 3.52. The molecule has 4 rings (SSSR count). The Morgan fingerprint density at radius 1 is 0.935 bits per heavy atom. The van der Waals surface area contributed by atoms with E-state index in [0.29, 0.717) is 23.4 Å². The molecule has 0 atom stereocenters. The molecule has 3 aromatic carbocycles. The number of nitrogens with zero attached hydrogens (tertiary/aromatic N) is 2. The number of carbonyl (C=O) groups excluding carboxylic acids is 2. The summed E-state index contributed by atoms with van der Waals surface area (Å²) in [6.07, 6.45) is 0.393. The van der Waals surface area contributed by atoms with Crippen molar-refractivity contribution in [2.45, 2.75) is 27.2 Å². The van der Waals surface area contributed by atoms with Crippen molar-refractivity contribution in [1.29, 1.82) is 0 Å². The third-order valence-electron chi connectivity index (χ3n) is 5.19. The lowest BCUT2D eigenvalue weighted by molar-refractivity contribution is -0.115. The number of benzene rings is 3. The Morgan fingerprint density at radius 3 is 2.45 bits per heavy atom. The van der Waals surface area contributed by atoms with Crippen LogP contribution in [0.2, 0.25) is 0 Å². The number of carbonyl (C=O) groups is 2. The van der Waals surface area contributed by atoms with E-state index in [1.165, 1.54) is 0 Å². The number of rotatable bonds is 5. The third kappa shape index (κ3) is 4.19.